The fourth-order valence-corrected chi connectivity index (χ4v) is 0.840. The van der Waals surface area contributed by atoms with Crippen LogP contribution in [0.4, 0.5) is 0 Å². The van der Waals surface area contributed by atoms with Crippen molar-refractivity contribution < 1.29 is 15.0 Å². The predicted molar refractivity (Wildman–Crippen MR) is 42.2 cm³/mol. The fourth-order valence-electron chi connectivity index (χ4n) is 0.840. The second-order valence-corrected chi connectivity index (χ2v) is 2.85. The van der Waals surface area contributed by atoms with Crippen molar-refractivity contribution in [2.75, 3.05) is 0 Å². The van der Waals surface area contributed by atoms with Gasteiger partial charge in [-0.05, 0) is 20.3 Å². The van der Waals surface area contributed by atoms with Crippen molar-refractivity contribution in [1.29, 1.82) is 0 Å². The van der Waals surface area contributed by atoms with E-state index in [1.54, 1.807) is 6.92 Å². The summed E-state index contributed by atoms with van der Waals surface area (Å²) in [5.74, 6) is -1.68. The van der Waals surface area contributed by atoms with Gasteiger partial charge in [-0.25, -0.2) is 0 Å². The van der Waals surface area contributed by atoms with Crippen LogP contribution in [0.15, 0.2) is 12.2 Å². The Morgan fingerprint density at radius 2 is 2.09 bits per heavy atom. The molecule has 0 bridgehead atoms. The van der Waals surface area contributed by atoms with Gasteiger partial charge >= 0.3 is 5.97 Å². The molecule has 0 spiro atoms. The summed E-state index contributed by atoms with van der Waals surface area (Å²) in [5, 5.41) is 17.6. The van der Waals surface area contributed by atoms with E-state index in [9.17, 15) is 4.79 Å². The van der Waals surface area contributed by atoms with Crippen molar-refractivity contribution >= 4 is 5.97 Å². The topological polar surface area (TPSA) is 57.5 Å². The minimum absolute atomic E-state index is 0.340. The summed E-state index contributed by atoms with van der Waals surface area (Å²) in [6, 6.07) is 0. The van der Waals surface area contributed by atoms with E-state index < -0.39 is 18.0 Å². The number of carbonyl (C=O) groups is 1. The molecule has 2 N–H and O–H groups in total. The molecule has 11 heavy (non-hydrogen) atoms. The van der Waals surface area contributed by atoms with Gasteiger partial charge in [0.25, 0.3) is 0 Å². The van der Waals surface area contributed by atoms with Gasteiger partial charge in [0.15, 0.2) is 0 Å². The molecule has 64 valence electrons. The first-order valence-corrected chi connectivity index (χ1v) is 3.50. The zero-order valence-electron chi connectivity index (χ0n) is 6.87. The molecule has 0 saturated heterocycles. The van der Waals surface area contributed by atoms with Crippen LogP contribution >= 0.6 is 0 Å². The van der Waals surface area contributed by atoms with E-state index in [4.69, 9.17) is 10.2 Å². The van der Waals surface area contributed by atoms with Crippen LogP contribution in [0.5, 0.6) is 0 Å². The van der Waals surface area contributed by atoms with Crippen LogP contribution < -0.4 is 0 Å². The van der Waals surface area contributed by atoms with E-state index in [-0.39, 0.29) is 0 Å². The van der Waals surface area contributed by atoms with Crippen molar-refractivity contribution in [2.24, 2.45) is 5.92 Å². The summed E-state index contributed by atoms with van der Waals surface area (Å²) in [5.41, 5.74) is 0.776. The summed E-state index contributed by atoms with van der Waals surface area (Å²) in [7, 11) is 0. The summed E-state index contributed by atoms with van der Waals surface area (Å²) in [4.78, 5) is 10.5. The van der Waals surface area contributed by atoms with E-state index >= 15 is 0 Å². The van der Waals surface area contributed by atoms with E-state index in [0.717, 1.165) is 5.57 Å². The van der Waals surface area contributed by atoms with Crippen LogP contribution in [-0.4, -0.2) is 22.3 Å². The maximum Gasteiger partial charge on any atom is 0.309 e. The molecular formula is C8H14O3. The average Bonchev–Trinajstić information content (AvgIpc) is 1.81. The summed E-state index contributed by atoms with van der Waals surface area (Å²) < 4.78 is 0. The Bertz CT molecular complexity index is 161. The number of hydrogen-bond donors (Lipinski definition) is 2. The number of aliphatic carboxylic acids is 1. The maximum absolute atomic E-state index is 10.5. The van der Waals surface area contributed by atoms with E-state index in [0.29, 0.717) is 6.42 Å². The lowest BCUT2D eigenvalue weighted by atomic mass is 9.96. The predicted octanol–water partition coefficient (Wildman–Crippen LogP) is 1.03. The Balaban J connectivity index is 4.12. The van der Waals surface area contributed by atoms with Crippen molar-refractivity contribution in [1.82, 2.24) is 0 Å². The molecule has 0 aliphatic rings. The minimum atomic E-state index is -0.969. The molecule has 0 radical (unpaired) electrons. The van der Waals surface area contributed by atoms with Gasteiger partial charge in [0.05, 0.1) is 12.0 Å². The van der Waals surface area contributed by atoms with Crippen LogP contribution in [0.2, 0.25) is 0 Å². The third-order valence-electron chi connectivity index (χ3n) is 1.47. The van der Waals surface area contributed by atoms with Crippen molar-refractivity contribution in [3.8, 4) is 0 Å². The van der Waals surface area contributed by atoms with Crippen LogP contribution in [0.1, 0.15) is 20.3 Å². The molecule has 0 saturated carbocycles. The Morgan fingerprint density at radius 1 is 1.64 bits per heavy atom. The highest BCUT2D eigenvalue weighted by atomic mass is 16.4. The highest BCUT2D eigenvalue weighted by Crippen LogP contribution is 2.13. The molecule has 0 heterocycles. The number of hydrogen-bond acceptors (Lipinski definition) is 2. The van der Waals surface area contributed by atoms with Gasteiger partial charge in [0.1, 0.15) is 0 Å². The standard InChI is InChI=1S/C8H14O3/c1-5(2)4-7(6(3)9)8(10)11/h6-7,9H,1,4H2,2-3H3,(H,10,11)/t6-,7-/m1/s1. The molecular weight excluding hydrogens is 144 g/mol. The quantitative estimate of drug-likeness (QED) is 0.601. The number of aliphatic hydroxyl groups excluding tert-OH is 1. The van der Waals surface area contributed by atoms with Gasteiger partial charge in [-0.3, -0.25) is 4.79 Å². The van der Waals surface area contributed by atoms with Crippen molar-refractivity contribution in [2.45, 2.75) is 26.4 Å². The molecule has 0 fully saturated rings. The highest BCUT2D eigenvalue weighted by molar-refractivity contribution is 5.70. The number of rotatable bonds is 4. The number of carboxylic acid groups (broad SMARTS) is 1. The lowest BCUT2D eigenvalue weighted by Crippen LogP contribution is -2.25. The third-order valence-corrected chi connectivity index (χ3v) is 1.47. The zero-order chi connectivity index (χ0) is 9.02. The molecule has 0 aromatic heterocycles. The maximum atomic E-state index is 10.5. The monoisotopic (exact) mass is 158 g/mol. The average molecular weight is 158 g/mol. The zero-order valence-corrected chi connectivity index (χ0v) is 6.87. The van der Waals surface area contributed by atoms with E-state index in [1.165, 1.54) is 6.92 Å². The van der Waals surface area contributed by atoms with Crippen molar-refractivity contribution in [3.63, 3.8) is 0 Å². The normalized spacial score (nSPS) is 15.5. The molecule has 0 rings (SSSR count). The third kappa shape index (κ3) is 3.78. The van der Waals surface area contributed by atoms with Crippen LogP contribution in [-0.2, 0) is 4.79 Å². The molecule has 0 unspecified atom stereocenters. The summed E-state index contributed by atoms with van der Waals surface area (Å²) in [6.45, 7) is 6.81. The second-order valence-electron chi connectivity index (χ2n) is 2.85. The molecule has 0 aromatic carbocycles. The van der Waals surface area contributed by atoms with Gasteiger partial charge in [0.2, 0.25) is 0 Å². The van der Waals surface area contributed by atoms with Crippen LogP contribution in [0.3, 0.4) is 0 Å². The first kappa shape index (κ1) is 10.2. The largest absolute Gasteiger partial charge is 0.481 e. The molecule has 0 aromatic rings. The molecule has 0 aliphatic heterocycles. The van der Waals surface area contributed by atoms with Gasteiger partial charge in [-0.1, -0.05) is 5.57 Å². The number of carboxylic acids is 1. The smallest absolute Gasteiger partial charge is 0.309 e. The fraction of sp³-hybridized carbons (Fsp3) is 0.625. The summed E-state index contributed by atoms with van der Waals surface area (Å²) >= 11 is 0. The van der Waals surface area contributed by atoms with Crippen LogP contribution in [0, 0.1) is 5.92 Å². The van der Waals surface area contributed by atoms with Gasteiger partial charge in [-0.15, -0.1) is 6.58 Å². The lowest BCUT2D eigenvalue weighted by Gasteiger charge is -2.14. The molecule has 0 aliphatic carbocycles. The number of aliphatic hydroxyl groups is 1. The van der Waals surface area contributed by atoms with E-state index in [1.807, 2.05) is 0 Å². The summed E-state index contributed by atoms with van der Waals surface area (Å²) in [6.07, 6.45) is -0.475. The second kappa shape index (κ2) is 4.13. The Kier molecular flexibility index (Phi) is 3.82. The molecule has 3 nitrogen and oxygen atoms in total. The minimum Gasteiger partial charge on any atom is -0.481 e. The first-order chi connectivity index (χ1) is 4.95. The molecule has 3 heteroatoms. The Morgan fingerprint density at radius 3 is 2.18 bits per heavy atom. The molecule has 2 atom stereocenters. The highest BCUT2D eigenvalue weighted by Gasteiger charge is 2.22. The Hall–Kier alpha value is -0.830. The van der Waals surface area contributed by atoms with E-state index in [2.05, 4.69) is 6.58 Å². The lowest BCUT2D eigenvalue weighted by molar-refractivity contribution is -0.145. The van der Waals surface area contributed by atoms with Crippen molar-refractivity contribution in [3.05, 3.63) is 12.2 Å². The first-order valence-electron chi connectivity index (χ1n) is 3.50. The van der Waals surface area contributed by atoms with Gasteiger partial charge in [-0.2, -0.15) is 0 Å². The molecule has 0 amide bonds. The SMILES string of the molecule is C=C(C)C[C@@H](C(=O)O)[C@@H](C)O. The number of allylic oxidation sites excluding steroid dienone is 1. The van der Waals surface area contributed by atoms with Gasteiger partial charge in [0, 0.05) is 0 Å². The Labute approximate surface area is 66.4 Å². The van der Waals surface area contributed by atoms with Gasteiger partial charge < -0.3 is 10.2 Å². The van der Waals surface area contributed by atoms with Crippen LogP contribution in [0.25, 0.3) is 0 Å².